The Balaban J connectivity index is 1.48. The summed E-state index contributed by atoms with van der Waals surface area (Å²) in [5.74, 6) is -0.184. The van der Waals surface area contributed by atoms with E-state index in [1.54, 1.807) is 30.6 Å². The molecule has 0 unspecified atom stereocenters. The summed E-state index contributed by atoms with van der Waals surface area (Å²) in [4.78, 5) is 16.7. The van der Waals surface area contributed by atoms with Gasteiger partial charge in [-0.2, -0.15) is 0 Å². The van der Waals surface area contributed by atoms with Crippen molar-refractivity contribution < 1.29 is 4.79 Å². The van der Waals surface area contributed by atoms with Gasteiger partial charge in [-0.1, -0.05) is 35.3 Å². The summed E-state index contributed by atoms with van der Waals surface area (Å²) >= 11 is 11.8. The molecule has 4 nitrogen and oxygen atoms in total. The van der Waals surface area contributed by atoms with Gasteiger partial charge < -0.3 is 9.88 Å². The zero-order chi connectivity index (χ0) is 19.5. The van der Waals surface area contributed by atoms with Crippen LogP contribution in [-0.4, -0.2) is 15.5 Å². The third-order valence-electron chi connectivity index (χ3n) is 4.25. The van der Waals surface area contributed by atoms with Crippen LogP contribution >= 0.6 is 23.2 Å². The van der Waals surface area contributed by atoms with E-state index in [9.17, 15) is 4.79 Å². The van der Waals surface area contributed by atoms with Crippen molar-refractivity contribution in [3.05, 3.63) is 101 Å². The van der Waals surface area contributed by atoms with Gasteiger partial charge in [-0.25, -0.2) is 4.98 Å². The number of anilines is 1. The van der Waals surface area contributed by atoms with Crippen LogP contribution in [0, 0.1) is 0 Å². The molecule has 0 fully saturated rings. The van der Waals surface area contributed by atoms with Gasteiger partial charge in [0.05, 0.1) is 12.0 Å². The molecule has 1 aromatic heterocycles. The van der Waals surface area contributed by atoms with Crippen molar-refractivity contribution in [3.8, 4) is 16.9 Å². The molecular formula is C22H15Cl2N3O. The molecule has 6 heteroatoms. The molecule has 0 aliphatic carbocycles. The number of hydrogen-bond donors (Lipinski definition) is 1. The zero-order valence-electron chi connectivity index (χ0n) is 14.6. The lowest BCUT2D eigenvalue weighted by atomic mass is 10.1. The number of nitrogens with one attached hydrogen (secondary N) is 1. The highest BCUT2D eigenvalue weighted by molar-refractivity contribution is 6.31. The van der Waals surface area contributed by atoms with Gasteiger partial charge in [0.25, 0.3) is 5.91 Å². The molecule has 0 bridgehead atoms. The number of nitrogens with zero attached hydrogens (tertiary/aromatic N) is 2. The summed E-state index contributed by atoms with van der Waals surface area (Å²) in [6.07, 6.45) is 3.71. The molecule has 0 aliphatic heterocycles. The second kappa shape index (κ2) is 7.89. The second-order valence-corrected chi connectivity index (χ2v) is 7.05. The molecule has 1 amide bonds. The molecule has 0 saturated carbocycles. The summed E-state index contributed by atoms with van der Waals surface area (Å²) in [6, 6.07) is 21.9. The van der Waals surface area contributed by atoms with E-state index in [-0.39, 0.29) is 5.91 Å². The van der Waals surface area contributed by atoms with Gasteiger partial charge in [-0.05, 0) is 60.7 Å². The lowest BCUT2D eigenvalue weighted by molar-refractivity contribution is 0.102. The minimum Gasteiger partial charge on any atom is -0.322 e. The van der Waals surface area contributed by atoms with Crippen LogP contribution in [0.5, 0.6) is 0 Å². The van der Waals surface area contributed by atoms with Crippen LogP contribution in [0.4, 0.5) is 5.69 Å². The number of rotatable bonds is 4. The normalized spacial score (nSPS) is 10.6. The predicted molar refractivity (Wildman–Crippen MR) is 113 cm³/mol. The van der Waals surface area contributed by atoms with Crippen LogP contribution in [0.15, 0.2) is 85.3 Å². The number of benzene rings is 3. The quantitative estimate of drug-likeness (QED) is 0.444. The molecule has 1 heterocycles. The predicted octanol–water partition coefficient (Wildman–Crippen LogP) is 6.10. The number of carbonyl (C=O) groups is 1. The van der Waals surface area contributed by atoms with E-state index in [1.807, 2.05) is 59.3 Å². The first-order chi connectivity index (χ1) is 13.6. The van der Waals surface area contributed by atoms with E-state index in [4.69, 9.17) is 23.2 Å². The fourth-order valence-electron chi connectivity index (χ4n) is 2.76. The van der Waals surface area contributed by atoms with E-state index in [2.05, 4.69) is 10.3 Å². The van der Waals surface area contributed by atoms with Gasteiger partial charge >= 0.3 is 0 Å². The van der Waals surface area contributed by atoms with E-state index in [0.29, 0.717) is 21.3 Å². The molecule has 1 N–H and O–H groups in total. The van der Waals surface area contributed by atoms with Gasteiger partial charge in [0.2, 0.25) is 0 Å². The van der Waals surface area contributed by atoms with Crippen LogP contribution in [0.25, 0.3) is 16.9 Å². The average molecular weight is 408 g/mol. The minimum atomic E-state index is -0.184. The minimum absolute atomic E-state index is 0.184. The molecule has 0 aliphatic rings. The molecule has 4 rings (SSSR count). The van der Waals surface area contributed by atoms with E-state index >= 15 is 0 Å². The summed E-state index contributed by atoms with van der Waals surface area (Å²) in [7, 11) is 0. The average Bonchev–Trinajstić information content (AvgIpc) is 3.20. The Labute approximate surface area is 172 Å². The summed E-state index contributed by atoms with van der Waals surface area (Å²) in [6.45, 7) is 0. The zero-order valence-corrected chi connectivity index (χ0v) is 16.2. The van der Waals surface area contributed by atoms with Crippen LogP contribution in [0.1, 0.15) is 10.4 Å². The number of amides is 1. The monoisotopic (exact) mass is 407 g/mol. The van der Waals surface area contributed by atoms with Crippen molar-refractivity contribution in [2.75, 3.05) is 5.32 Å². The maximum atomic E-state index is 12.3. The smallest absolute Gasteiger partial charge is 0.255 e. The number of aromatic nitrogens is 2. The van der Waals surface area contributed by atoms with Crippen molar-refractivity contribution >= 4 is 34.8 Å². The highest BCUT2D eigenvalue weighted by atomic mass is 35.5. The van der Waals surface area contributed by atoms with Crippen LogP contribution < -0.4 is 5.32 Å². The standard InChI is InChI=1S/C22H15Cl2N3O/c23-17-5-1-16(2-6-17)22(28)26-19-9-3-15(4-10-19)21-13-27(14-25-21)20-11-7-18(24)8-12-20/h1-14H,(H,26,28). The lowest BCUT2D eigenvalue weighted by Crippen LogP contribution is -2.11. The van der Waals surface area contributed by atoms with Crippen molar-refractivity contribution in [3.63, 3.8) is 0 Å². The molecule has 4 aromatic rings. The Morgan fingerprint density at radius 2 is 1.43 bits per heavy atom. The molecule has 0 atom stereocenters. The third-order valence-corrected chi connectivity index (χ3v) is 4.76. The number of hydrogen-bond acceptors (Lipinski definition) is 2. The van der Waals surface area contributed by atoms with E-state index in [1.165, 1.54) is 0 Å². The SMILES string of the molecule is O=C(Nc1ccc(-c2cn(-c3ccc(Cl)cc3)cn2)cc1)c1ccc(Cl)cc1. The van der Waals surface area contributed by atoms with Crippen molar-refractivity contribution in [1.29, 1.82) is 0 Å². The van der Waals surface area contributed by atoms with Crippen LogP contribution in [-0.2, 0) is 0 Å². The Bertz CT molecular complexity index is 1100. The molecule has 0 radical (unpaired) electrons. The van der Waals surface area contributed by atoms with Crippen molar-refractivity contribution in [2.24, 2.45) is 0 Å². The Morgan fingerprint density at radius 3 is 2.07 bits per heavy atom. The van der Waals surface area contributed by atoms with Crippen molar-refractivity contribution in [1.82, 2.24) is 9.55 Å². The molecule has 3 aromatic carbocycles. The van der Waals surface area contributed by atoms with Gasteiger partial charge in [0.15, 0.2) is 0 Å². The molecular weight excluding hydrogens is 393 g/mol. The molecule has 138 valence electrons. The number of halogens is 2. The molecule has 0 saturated heterocycles. The first kappa shape index (κ1) is 18.3. The van der Waals surface area contributed by atoms with Gasteiger partial charge in [0, 0.05) is 38.7 Å². The Morgan fingerprint density at radius 1 is 0.821 bits per heavy atom. The fraction of sp³-hybridized carbons (Fsp3) is 0. The van der Waals surface area contributed by atoms with E-state index < -0.39 is 0 Å². The Hall–Kier alpha value is -3.08. The maximum absolute atomic E-state index is 12.3. The van der Waals surface area contributed by atoms with Crippen LogP contribution in [0.3, 0.4) is 0 Å². The summed E-state index contributed by atoms with van der Waals surface area (Å²) < 4.78 is 1.93. The van der Waals surface area contributed by atoms with Crippen molar-refractivity contribution in [2.45, 2.75) is 0 Å². The highest BCUT2D eigenvalue weighted by Gasteiger charge is 2.07. The first-order valence-corrected chi connectivity index (χ1v) is 9.31. The maximum Gasteiger partial charge on any atom is 0.255 e. The Kier molecular flexibility index (Phi) is 5.15. The largest absolute Gasteiger partial charge is 0.322 e. The highest BCUT2D eigenvalue weighted by Crippen LogP contribution is 2.22. The first-order valence-electron chi connectivity index (χ1n) is 8.56. The summed E-state index contributed by atoms with van der Waals surface area (Å²) in [5.41, 5.74) is 4.04. The van der Waals surface area contributed by atoms with Gasteiger partial charge in [0.1, 0.15) is 0 Å². The topological polar surface area (TPSA) is 46.9 Å². The fourth-order valence-corrected chi connectivity index (χ4v) is 3.01. The van der Waals surface area contributed by atoms with Gasteiger partial charge in [-0.3, -0.25) is 4.79 Å². The molecule has 0 spiro atoms. The second-order valence-electron chi connectivity index (χ2n) is 6.18. The lowest BCUT2D eigenvalue weighted by Gasteiger charge is -2.06. The number of imidazole rings is 1. The van der Waals surface area contributed by atoms with Crippen LogP contribution in [0.2, 0.25) is 10.0 Å². The summed E-state index contributed by atoms with van der Waals surface area (Å²) in [5, 5.41) is 4.16. The molecule has 28 heavy (non-hydrogen) atoms. The third kappa shape index (κ3) is 4.09. The van der Waals surface area contributed by atoms with E-state index in [0.717, 1.165) is 16.9 Å². The number of carbonyl (C=O) groups excluding carboxylic acids is 1. The van der Waals surface area contributed by atoms with Gasteiger partial charge in [-0.15, -0.1) is 0 Å².